The van der Waals surface area contributed by atoms with Crippen LogP contribution in [0.15, 0.2) is 48.5 Å². The van der Waals surface area contributed by atoms with Crippen molar-refractivity contribution in [1.29, 1.82) is 0 Å². The average molecular weight is 294 g/mol. The molecule has 112 valence electrons. The van der Waals surface area contributed by atoms with Crippen LogP contribution in [0.1, 0.15) is 29.3 Å². The molecule has 5 heteroatoms. The van der Waals surface area contributed by atoms with Gasteiger partial charge >= 0.3 is 0 Å². The fourth-order valence-electron chi connectivity index (χ4n) is 2.39. The minimum atomic E-state index is -0.0783. The van der Waals surface area contributed by atoms with Crippen LogP contribution in [-0.4, -0.2) is 27.4 Å². The molecular formula is C17H18N4O. The van der Waals surface area contributed by atoms with Gasteiger partial charge in [0.1, 0.15) is 11.0 Å². The Labute approximate surface area is 128 Å². The smallest absolute Gasteiger partial charge is 0.251 e. The van der Waals surface area contributed by atoms with Gasteiger partial charge in [0.05, 0.1) is 0 Å². The van der Waals surface area contributed by atoms with Gasteiger partial charge in [-0.05, 0) is 43.5 Å². The summed E-state index contributed by atoms with van der Waals surface area (Å²) >= 11 is 0. The second-order valence-corrected chi connectivity index (χ2v) is 5.43. The van der Waals surface area contributed by atoms with E-state index in [2.05, 4.69) is 32.9 Å². The SMILES string of the molecule is C[C@@H](CCc1ccccc1)NC(=O)c1ccc2n[nH]nc2c1. The van der Waals surface area contributed by atoms with Crippen LogP contribution in [0.2, 0.25) is 0 Å². The average Bonchev–Trinajstić information content (AvgIpc) is 3.01. The number of carbonyl (C=O) groups excluding carboxylic acids is 1. The van der Waals surface area contributed by atoms with E-state index in [1.807, 2.05) is 25.1 Å². The van der Waals surface area contributed by atoms with Crippen LogP contribution >= 0.6 is 0 Å². The zero-order chi connectivity index (χ0) is 15.4. The zero-order valence-electron chi connectivity index (χ0n) is 12.4. The molecular weight excluding hydrogens is 276 g/mol. The summed E-state index contributed by atoms with van der Waals surface area (Å²) in [6.45, 7) is 2.02. The van der Waals surface area contributed by atoms with E-state index in [1.54, 1.807) is 18.2 Å². The molecule has 0 radical (unpaired) electrons. The first-order valence-corrected chi connectivity index (χ1v) is 7.38. The highest BCUT2D eigenvalue weighted by Crippen LogP contribution is 2.11. The Balaban J connectivity index is 1.58. The monoisotopic (exact) mass is 294 g/mol. The molecule has 3 rings (SSSR count). The van der Waals surface area contributed by atoms with E-state index in [0.29, 0.717) is 11.1 Å². The van der Waals surface area contributed by atoms with Crippen molar-refractivity contribution in [3.05, 3.63) is 59.7 Å². The maximum Gasteiger partial charge on any atom is 0.251 e. The van der Waals surface area contributed by atoms with Gasteiger partial charge in [-0.1, -0.05) is 30.3 Å². The summed E-state index contributed by atoms with van der Waals surface area (Å²) < 4.78 is 0. The second kappa shape index (κ2) is 6.39. The Morgan fingerprint density at radius 2 is 1.91 bits per heavy atom. The number of aromatic amines is 1. The predicted octanol–water partition coefficient (Wildman–Crippen LogP) is 2.71. The Bertz CT molecular complexity index is 766. The number of fused-ring (bicyclic) bond motifs is 1. The molecule has 1 atom stereocenters. The summed E-state index contributed by atoms with van der Waals surface area (Å²) in [5.74, 6) is -0.0783. The highest BCUT2D eigenvalue weighted by molar-refractivity contribution is 5.97. The summed E-state index contributed by atoms with van der Waals surface area (Å²) in [7, 11) is 0. The van der Waals surface area contributed by atoms with Gasteiger partial charge in [-0.15, -0.1) is 0 Å². The summed E-state index contributed by atoms with van der Waals surface area (Å²) in [6.07, 6.45) is 1.85. The number of carbonyl (C=O) groups is 1. The van der Waals surface area contributed by atoms with Gasteiger partial charge in [0.15, 0.2) is 0 Å². The van der Waals surface area contributed by atoms with Gasteiger partial charge in [-0.2, -0.15) is 15.4 Å². The van der Waals surface area contributed by atoms with Crippen molar-refractivity contribution >= 4 is 16.9 Å². The molecule has 1 amide bonds. The highest BCUT2D eigenvalue weighted by Gasteiger charge is 2.11. The molecule has 0 aliphatic heterocycles. The third kappa shape index (κ3) is 3.31. The fraction of sp³-hybridized carbons (Fsp3) is 0.235. The van der Waals surface area contributed by atoms with E-state index in [0.717, 1.165) is 18.4 Å². The molecule has 5 nitrogen and oxygen atoms in total. The summed E-state index contributed by atoms with van der Waals surface area (Å²) in [6, 6.07) is 15.7. The molecule has 1 aromatic heterocycles. The summed E-state index contributed by atoms with van der Waals surface area (Å²) in [5.41, 5.74) is 3.35. The molecule has 0 aliphatic carbocycles. The maximum atomic E-state index is 12.3. The topological polar surface area (TPSA) is 70.7 Å². The van der Waals surface area contributed by atoms with Gasteiger partial charge in [0.2, 0.25) is 0 Å². The van der Waals surface area contributed by atoms with Gasteiger partial charge < -0.3 is 5.32 Å². The van der Waals surface area contributed by atoms with E-state index in [-0.39, 0.29) is 11.9 Å². The third-order valence-corrected chi connectivity index (χ3v) is 3.66. The number of aromatic nitrogens is 3. The molecule has 0 bridgehead atoms. The quantitative estimate of drug-likeness (QED) is 0.760. The Kier molecular flexibility index (Phi) is 4.14. The van der Waals surface area contributed by atoms with Crippen molar-refractivity contribution in [3.63, 3.8) is 0 Å². The Morgan fingerprint density at radius 3 is 2.73 bits per heavy atom. The number of aryl methyl sites for hydroxylation is 1. The number of H-pyrrole nitrogens is 1. The van der Waals surface area contributed by atoms with Gasteiger partial charge in [-0.25, -0.2) is 0 Å². The Morgan fingerprint density at radius 1 is 1.14 bits per heavy atom. The highest BCUT2D eigenvalue weighted by atomic mass is 16.1. The number of nitrogens with one attached hydrogen (secondary N) is 2. The molecule has 0 aliphatic rings. The van der Waals surface area contributed by atoms with Crippen molar-refractivity contribution in [2.24, 2.45) is 0 Å². The molecule has 22 heavy (non-hydrogen) atoms. The summed E-state index contributed by atoms with van der Waals surface area (Å²) in [5, 5.41) is 13.6. The molecule has 2 aromatic carbocycles. The van der Waals surface area contributed by atoms with Crippen molar-refractivity contribution in [2.75, 3.05) is 0 Å². The maximum absolute atomic E-state index is 12.3. The number of benzene rings is 2. The predicted molar refractivity (Wildman–Crippen MR) is 85.6 cm³/mol. The Hall–Kier alpha value is -2.69. The first kappa shape index (κ1) is 14.3. The minimum Gasteiger partial charge on any atom is -0.350 e. The first-order valence-electron chi connectivity index (χ1n) is 7.38. The normalized spacial score (nSPS) is 12.2. The van der Waals surface area contributed by atoms with Crippen LogP contribution < -0.4 is 5.32 Å². The number of rotatable bonds is 5. The van der Waals surface area contributed by atoms with Crippen molar-refractivity contribution in [3.8, 4) is 0 Å². The lowest BCUT2D eigenvalue weighted by atomic mass is 10.1. The molecule has 0 saturated carbocycles. The van der Waals surface area contributed by atoms with Crippen LogP contribution in [0.3, 0.4) is 0 Å². The molecule has 0 saturated heterocycles. The zero-order valence-corrected chi connectivity index (χ0v) is 12.4. The lowest BCUT2D eigenvalue weighted by Gasteiger charge is -2.14. The number of amides is 1. The van der Waals surface area contributed by atoms with Gasteiger partial charge in [-0.3, -0.25) is 4.79 Å². The van der Waals surface area contributed by atoms with Crippen LogP contribution in [0.5, 0.6) is 0 Å². The van der Waals surface area contributed by atoms with E-state index in [1.165, 1.54) is 5.56 Å². The molecule has 1 heterocycles. The van der Waals surface area contributed by atoms with E-state index < -0.39 is 0 Å². The van der Waals surface area contributed by atoms with Crippen LogP contribution in [0.25, 0.3) is 11.0 Å². The van der Waals surface area contributed by atoms with Gasteiger partial charge in [0, 0.05) is 11.6 Å². The number of nitrogens with zero attached hydrogens (tertiary/aromatic N) is 2. The largest absolute Gasteiger partial charge is 0.350 e. The minimum absolute atomic E-state index is 0.0783. The standard InChI is InChI=1S/C17H18N4O/c1-12(7-8-13-5-3-2-4-6-13)18-17(22)14-9-10-15-16(11-14)20-21-19-15/h2-6,9-12H,7-8H2,1H3,(H,18,22)(H,19,20,21)/t12-/m0/s1. The van der Waals surface area contributed by atoms with Crippen molar-refractivity contribution < 1.29 is 4.79 Å². The summed E-state index contributed by atoms with van der Waals surface area (Å²) in [4.78, 5) is 12.3. The van der Waals surface area contributed by atoms with E-state index in [4.69, 9.17) is 0 Å². The molecule has 0 spiro atoms. The molecule has 0 unspecified atom stereocenters. The van der Waals surface area contributed by atoms with Crippen LogP contribution in [-0.2, 0) is 6.42 Å². The third-order valence-electron chi connectivity index (χ3n) is 3.66. The molecule has 2 N–H and O–H groups in total. The first-order chi connectivity index (χ1) is 10.7. The van der Waals surface area contributed by atoms with Crippen LogP contribution in [0, 0.1) is 0 Å². The van der Waals surface area contributed by atoms with Crippen molar-refractivity contribution in [2.45, 2.75) is 25.8 Å². The second-order valence-electron chi connectivity index (χ2n) is 5.43. The fourth-order valence-corrected chi connectivity index (χ4v) is 2.39. The molecule has 3 aromatic rings. The number of hydrogen-bond acceptors (Lipinski definition) is 3. The lowest BCUT2D eigenvalue weighted by molar-refractivity contribution is 0.0938. The molecule has 0 fully saturated rings. The van der Waals surface area contributed by atoms with Crippen molar-refractivity contribution in [1.82, 2.24) is 20.7 Å². The number of hydrogen-bond donors (Lipinski definition) is 2. The lowest BCUT2D eigenvalue weighted by Crippen LogP contribution is -2.32. The van der Waals surface area contributed by atoms with E-state index >= 15 is 0 Å². The van der Waals surface area contributed by atoms with Crippen LogP contribution in [0.4, 0.5) is 0 Å². The van der Waals surface area contributed by atoms with Gasteiger partial charge in [0.25, 0.3) is 5.91 Å². The van der Waals surface area contributed by atoms with E-state index in [9.17, 15) is 4.79 Å².